The molecule has 0 aliphatic carbocycles. The third-order valence-electron chi connectivity index (χ3n) is 3.68. The van der Waals surface area contributed by atoms with Gasteiger partial charge in [0.2, 0.25) is 0 Å². The molecule has 0 aliphatic rings. The molecule has 1 N–H and O–H groups in total. The van der Waals surface area contributed by atoms with Gasteiger partial charge in [-0.2, -0.15) is 0 Å². The second-order valence-corrected chi connectivity index (χ2v) is 5.87. The zero-order valence-electron chi connectivity index (χ0n) is 15.6. The van der Waals surface area contributed by atoms with Crippen LogP contribution in [-0.2, 0) is 14.3 Å². The Morgan fingerprint density at radius 2 is 1.96 bits per heavy atom. The molecule has 0 saturated heterocycles. The van der Waals surface area contributed by atoms with Crippen LogP contribution in [0.4, 0.5) is 11.4 Å². The smallest absolute Gasteiger partial charge is 0.344 e. The first-order chi connectivity index (χ1) is 13.3. The topological polar surface area (TPSA) is 117 Å². The van der Waals surface area contributed by atoms with Gasteiger partial charge < -0.3 is 19.5 Å². The van der Waals surface area contributed by atoms with E-state index in [2.05, 4.69) is 5.32 Å². The number of non-ortho nitro benzene ring substituents is 1. The molecule has 9 nitrogen and oxygen atoms in total. The van der Waals surface area contributed by atoms with Gasteiger partial charge in [-0.05, 0) is 37.6 Å². The van der Waals surface area contributed by atoms with E-state index in [1.165, 1.54) is 26.2 Å². The summed E-state index contributed by atoms with van der Waals surface area (Å²) in [4.78, 5) is 34.5. The van der Waals surface area contributed by atoms with Gasteiger partial charge in [-0.15, -0.1) is 0 Å². The van der Waals surface area contributed by atoms with Crippen LogP contribution < -0.4 is 14.8 Å². The van der Waals surface area contributed by atoms with Gasteiger partial charge >= 0.3 is 5.97 Å². The van der Waals surface area contributed by atoms with Crippen LogP contribution in [-0.4, -0.2) is 36.6 Å². The Hall–Kier alpha value is -3.62. The van der Waals surface area contributed by atoms with Crippen molar-refractivity contribution in [3.05, 3.63) is 58.1 Å². The molecule has 0 radical (unpaired) electrons. The molecular formula is C19H20N2O7. The van der Waals surface area contributed by atoms with E-state index in [0.717, 1.165) is 11.6 Å². The van der Waals surface area contributed by atoms with Crippen molar-refractivity contribution in [2.45, 2.75) is 20.0 Å². The van der Waals surface area contributed by atoms with Crippen LogP contribution in [0.2, 0.25) is 0 Å². The first-order valence-corrected chi connectivity index (χ1v) is 8.32. The van der Waals surface area contributed by atoms with Crippen molar-refractivity contribution < 1.29 is 28.7 Å². The zero-order chi connectivity index (χ0) is 20.7. The van der Waals surface area contributed by atoms with Crippen molar-refractivity contribution in [1.82, 2.24) is 0 Å². The summed E-state index contributed by atoms with van der Waals surface area (Å²) in [6.07, 6.45) is -1.14. The number of carbonyl (C=O) groups excluding carboxylic acids is 2. The third kappa shape index (κ3) is 5.70. The molecule has 0 spiro atoms. The summed E-state index contributed by atoms with van der Waals surface area (Å²) < 4.78 is 15.4. The van der Waals surface area contributed by atoms with Gasteiger partial charge in [-0.25, -0.2) is 4.79 Å². The van der Waals surface area contributed by atoms with Crippen molar-refractivity contribution in [3.63, 3.8) is 0 Å². The number of amides is 1. The first-order valence-electron chi connectivity index (χ1n) is 8.32. The van der Waals surface area contributed by atoms with E-state index >= 15 is 0 Å². The first kappa shape index (κ1) is 20.7. The van der Waals surface area contributed by atoms with E-state index in [9.17, 15) is 19.7 Å². The highest BCUT2D eigenvalue weighted by molar-refractivity contribution is 5.96. The lowest BCUT2D eigenvalue weighted by Crippen LogP contribution is -2.31. The number of ether oxygens (including phenoxy) is 3. The predicted octanol–water partition coefficient (Wildman–Crippen LogP) is 2.86. The molecule has 0 aliphatic heterocycles. The summed E-state index contributed by atoms with van der Waals surface area (Å²) in [6.45, 7) is 2.91. The fourth-order valence-corrected chi connectivity index (χ4v) is 2.27. The molecule has 1 atom stereocenters. The third-order valence-corrected chi connectivity index (χ3v) is 3.68. The SMILES string of the molecule is COc1ccc([N+](=O)[O-])cc1NC(=O)[C@@H](C)OC(=O)COc1cccc(C)c1. The number of hydrogen-bond acceptors (Lipinski definition) is 7. The lowest BCUT2D eigenvalue weighted by Gasteiger charge is -2.15. The fraction of sp³-hybridized carbons (Fsp3) is 0.263. The van der Waals surface area contributed by atoms with Gasteiger partial charge in [0.1, 0.15) is 11.5 Å². The van der Waals surface area contributed by atoms with E-state index in [0.29, 0.717) is 5.75 Å². The summed E-state index contributed by atoms with van der Waals surface area (Å²) >= 11 is 0. The summed E-state index contributed by atoms with van der Waals surface area (Å²) in [5.41, 5.74) is 0.859. The number of nitrogens with zero attached hydrogens (tertiary/aromatic N) is 1. The molecule has 0 saturated carbocycles. The Balaban J connectivity index is 1.94. The molecule has 0 heterocycles. The highest BCUT2D eigenvalue weighted by Crippen LogP contribution is 2.29. The van der Waals surface area contributed by atoms with E-state index < -0.39 is 22.9 Å². The quantitative estimate of drug-likeness (QED) is 0.420. The van der Waals surface area contributed by atoms with E-state index in [1.807, 2.05) is 13.0 Å². The Morgan fingerprint density at radius 3 is 2.61 bits per heavy atom. The summed E-state index contributed by atoms with van der Waals surface area (Å²) in [5, 5.41) is 13.4. The molecule has 2 aromatic rings. The Morgan fingerprint density at radius 1 is 1.21 bits per heavy atom. The normalized spacial score (nSPS) is 11.2. The minimum absolute atomic E-state index is 0.0978. The average molecular weight is 388 g/mol. The zero-order valence-corrected chi connectivity index (χ0v) is 15.6. The van der Waals surface area contributed by atoms with Crippen LogP contribution in [0, 0.1) is 17.0 Å². The molecular weight excluding hydrogens is 368 g/mol. The lowest BCUT2D eigenvalue weighted by molar-refractivity contribution is -0.384. The van der Waals surface area contributed by atoms with Crippen LogP contribution in [0.3, 0.4) is 0 Å². The number of rotatable bonds is 8. The van der Waals surface area contributed by atoms with Gasteiger partial charge in [0, 0.05) is 12.1 Å². The van der Waals surface area contributed by atoms with E-state index in [1.54, 1.807) is 18.2 Å². The fourth-order valence-electron chi connectivity index (χ4n) is 2.27. The van der Waals surface area contributed by atoms with Crippen molar-refractivity contribution in [3.8, 4) is 11.5 Å². The minimum Gasteiger partial charge on any atom is -0.495 e. The van der Waals surface area contributed by atoms with Crippen LogP contribution in [0.25, 0.3) is 0 Å². The van der Waals surface area contributed by atoms with Crippen LogP contribution in [0.1, 0.15) is 12.5 Å². The second-order valence-electron chi connectivity index (χ2n) is 5.87. The molecule has 1 amide bonds. The highest BCUT2D eigenvalue weighted by atomic mass is 16.6. The van der Waals surface area contributed by atoms with Gasteiger partial charge in [0.05, 0.1) is 17.7 Å². The van der Waals surface area contributed by atoms with Gasteiger partial charge in [-0.1, -0.05) is 12.1 Å². The Bertz CT molecular complexity index is 882. The number of benzene rings is 2. The van der Waals surface area contributed by atoms with Gasteiger partial charge in [0.15, 0.2) is 12.7 Å². The van der Waals surface area contributed by atoms with Gasteiger partial charge in [0.25, 0.3) is 11.6 Å². The van der Waals surface area contributed by atoms with Crippen molar-refractivity contribution >= 4 is 23.3 Å². The number of nitro groups is 1. The minimum atomic E-state index is -1.14. The number of nitrogens with one attached hydrogen (secondary N) is 1. The summed E-state index contributed by atoms with van der Waals surface area (Å²) in [7, 11) is 1.36. The Labute approximate surface area is 161 Å². The van der Waals surface area contributed by atoms with Crippen molar-refractivity contribution in [1.29, 1.82) is 0 Å². The monoisotopic (exact) mass is 388 g/mol. The largest absolute Gasteiger partial charge is 0.495 e. The lowest BCUT2D eigenvalue weighted by atomic mass is 10.2. The molecule has 28 heavy (non-hydrogen) atoms. The molecule has 0 fully saturated rings. The number of hydrogen-bond donors (Lipinski definition) is 1. The van der Waals surface area contributed by atoms with Crippen molar-refractivity contribution in [2.75, 3.05) is 19.0 Å². The number of esters is 1. The number of anilines is 1. The maximum absolute atomic E-state index is 12.3. The second kappa shape index (κ2) is 9.36. The van der Waals surface area contributed by atoms with Gasteiger partial charge in [-0.3, -0.25) is 14.9 Å². The summed E-state index contributed by atoms with van der Waals surface area (Å²) in [5.74, 6) is -0.645. The number of nitro benzene ring substituents is 1. The van der Waals surface area contributed by atoms with Crippen molar-refractivity contribution in [2.24, 2.45) is 0 Å². The number of carbonyl (C=O) groups is 2. The standard InChI is InChI=1S/C19H20N2O7/c1-12-5-4-6-15(9-12)27-11-18(22)28-13(2)19(23)20-16-10-14(21(24)25)7-8-17(16)26-3/h4-10,13H,11H2,1-3H3,(H,20,23)/t13-/m1/s1. The molecule has 2 rings (SSSR count). The van der Waals surface area contributed by atoms with Crippen LogP contribution in [0.5, 0.6) is 11.5 Å². The number of methoxy groups -OCH3 is 1. The van der Waals surface area contributed by atoms with Crippen LogP contribution >= 0.6 is 0 Å². The summed E-state index contributed by atoms with van der Waals surface area (Å²) in [6, 6.07) is 10.9. The number of aryl methyl sites for hydroxylation is 1. The highest BCUT2D eigenvalue weighted by Gasteiger charge is 2.21. The molecule has 0 unspecified atom stereocenters. The molecule has 2 aromatic carbocycles. The predicted molar refractivity (Wildman–Crippen MR) is 101 cm³/mol. The molecule has 148 valence electrons. The maximum Gasteiger partial charge on any atom is 0.344 e. The van der Waals surface area contributed by atoms with Crippen LogP contribution in [0.15, 0.2) is 42.5 Å². The maximum atomic E-state index is 12.3. The molecule has 0 bridgehead atoms. The van der Waals surface area contributed by atoms with E-state index in [-0.39, 0.29) is 23.7 Å². The Kier molecular flexibility index (Phi) is 6.91. The molecule has 0 aromatic heterocycles. The average Bonchev–Trinajstić information content (AvgIpc) is 2.66. The molecule has 9 heteroatoms. The van der Waals surface area contributed by atoms with E-state index in [4.69, 9.17) is 14.2 Å².